The molecule has 9 aromatic carbocycles. The fourth-order valence-electron chi connectivity index (χ4n) is 10.5. The molecule has 57 heavy (non-hydrogen) atoms. The van der Waals surface area contributed by atoms with Gasteiger partial charge in [0.1, 0.15) is 0 Å². The van der Waals surface area contributed by atoms with Crippen molar-refractivity contribution in [2.24, 2.45) is 0 Å². The Morgan fingerprint density at radius 1 is 0.421 bits per heavy atom. The molecule has 0 saturated heterocycles. The molecule has 0 fully saturated rings. The number of benzene rings is 9. The molecule has 10 aromatic rings. The molecule has 0 amide bonds. The van der Waals surface area contributed by atoms with Crippen LogP contribution in [0, 0.1) is 0 Å². The lowest BCUT2D eigenvalue weighted by Crippen LogP contribution is -2.18. The molecule has 1 unspecified atom stereocenters. The summed E-state index contributed by atoms with van der Waals surface area (Å²) in [4.78, 5) is 0. The molecule has 1 heterocycles. The highest BCUT2D eigenvalue weighted by Gasteiger charge is 2.43. The molecular formula is C56H39N. The Labute approximate surface area is 333 Å². The number of hydrogen-bond acceptors (Lipinski definition) is 0. The Morgan fingerprint density at radius 3 is 2.00 bits per heavy atom. The molecule has 2 aliphatic carbocycles. The number of nitrogens with zero attached hydrogens (tertiary/aromatic N) is 1. The van der Waals surface area contributed by atoms with Crippen LogP contribution < -0.4 is 0 Å². The quantitative estimate of drug-likeness (QED) is 0.170. The van der Waals surface area contributed by atoms with E-state index in [2.05, 4.69) is 213 Å². The Morgan fingerprint density at radius 2 is 1.09 bits per heavy atom. The summed E-state index contributed by atoms with van der Waals surface area (Å²) >= 11 is 0. The van der Waals surface area contributed by atoms with Crippen LogP contribution in [-0.2, 0) is 5.41 Å². The van der Waals surface area contributed by atoms with Gasteiger partial charge < -0.3 is 4.57 Å². The van der Waals surface area contributed by atoms with Gasteiger partial charge in [-0.15, -0.1) is 0 Å². The first-order valence-electron chi connectivity index (χ1n) is 20.1. The second-order valence-electron chi connectivity index (χ2n) is 16.4. The van der Waals surface area contributed by atoms with Crippen molar-refractivity contribution >= 4 is 32.6 Å². The molecule has 1 heteroatoms. The molecule has 1 atom stereocenters. The number of hydrogen-bond donors (Lipinski definition) is 0. The van der Waals surface area contributed by atoms with Crippen LogP contribution in [0.15, 0.2) is 194 Å². The maximum Gasteiger partial charge on any atom is 0.0541 e. The third-order valence-corrected chi connectivity index (χ3v) is 13.0. The first kappa shape index (κ1) is 32.3. The monoisotopic (exact) mass is 725 g/mol. The molecule has 0 aliphatic heterocycles. The van der Waals surface area contributed by atoms with Crippen molar-refractivity contribution in [1.82, 2.24) is 4.57 Å². The number of aromatic nitrogens is 1. The standard InChI is InChI=1S/C56H39N/c1-56(2)49-23-10-8-21-42(49)46-30-29-45-47-33-38(26-28-44(47)53(54(45)55(46)56)40-19-12-18-37(32-40)35-14-4-3-5-15-35)39-27-31-52-48(34-39)43-22-9-11-24-51(43)57(52)50-25-13-17-36-16-6-7-20-41(36)50/h3-34,53H,1-2H3. The normalized spacial score (nSPS) is 14.8. The zero-order valence-electron chi connectivity index (χ0n) is 32.0. The Balaban J connectivity index is 1.06. The molecule has 0 spiro atoms. The largest absolute Gasteiger partial charge is 0.309 e. The summed E-state index contributed by atoms with van der Waals surface area (Å²) in [7, 11) is 0. The fourth-order valence-corrected chi connectivity index (χ4v) is 10.5. The Bertz CT molecular complexity index is 3260. The van der Waals surface area contributed by atoms with E-state index in [4.69, 9.17) is 0 Å². The van der Waals surface area contributed by atoms with Crippen LogP contribution in [0.4, 0.5) is 0 Å². The van der Waals surface area contributed by atoms with E-state index < -0.39 is 0 Å². The summed E-state index contributed by atoms with van der Waals surface area (Å²) in [6.45, 7) is 4.85. The highest BCUT2D eigenvalue weighted by atomic mass is 15.0. The molecule has 0 saturated carbocycles. The van der Waals surface area contributed by atoms with E-state index in [1.54, 1.807) is 0 Å². The van der Waals surface area contributed by atoms with E-state index >= 15 is 0 Å². The third-order valence-electron chi connectivity index (χ3n) is 13.0. The molecule has 2 aliphatic rings. The minimum absolute atomic E-state index is 0.123. The lowest BCUT2D eigenvalue weighted by Gasteiger charge is -2.27. The Kier molecular flexibility index (Phi) is 6.81. The molecular weight excluding hydrogens is 687 g/mol. The van der Waals surface area contributed by atoms with Crippen LogP contribution >= 0.6 is 0 Å². The summed E-state index contributed by atoms with van der Waals surface area (Å²) in [5.74, 6) is 0.123. The van der Waals surface area contributed by atoms with E-state index in [1.165, 1.54) is 111 Å². The van der Waals surface area contributed by atoms with Crippen LogP contribution in [0.2, 0.25) is 0 Å². The predicted octanol–water partition coefficient (Wildman–Crippen LogP) is 14.7. The summed E-state index contributed by atoms with van der Waals surface area (Å²) in [6, 6.07) is 72.5. The van der Waals surface area contributed by atoms with Crippen LogP contribution in [0.3, 0.4) is 0 Å². The summed E-state index contributed by atoms with van der Waals surface area (Å²) in [6.07, 6.45) is 0. The van der Waals surface area contributed by atoms with Crippen molar-refractivity contribution in [3.05, 3.63) is 222 Å². The highest BCUT2D eigenvalue weighted by molar-refractivity contribution is 6.12. The van der Waals surface area contributed by atoms with Crippen LogP contribution in [0.1, 0.15) is 47.6 Å². The summed E-state index contributed by atoms with van der Waals surface area (Å²) < 4.78 is 2.45. The van der Waals surface area contributed by atoms with E-state index in [0.29, 0.717) is 0 Å². The van der Waals surface area contributed by atoms with E-state index in [-0.39, 0.29) is 11.3 Å². The smallest absolute Gasteiger partial charge is 0.0541 e. The summed E-state index contributed by atoms with van der Waals surface area (Å²) in [5, 5.41) is 5.04. The second-order valence-corrected chi connectivity index (χ2v) is 16.4. The molecule has 1 aromatic heterocycles. The lowest BCUT2D eigenvalue weighted by molar-refractivity contribution is 0.650. The van der Waals surface area contributed by atoms with Crippen LogP contribution in [0.25, 0.3) is 82.8 Å². The number of fused-ring (bicyclic) bond motifs is 11. The van der Waals surface area contributed by atoms with E-state index in [1.807, 2.05) is 0 Å². The van der Waals surface area contributed by atoms with Gasteiger partial charge in [0, 0.05) is 27.5 Å². The summed E-state index contributed by atoms with van der Waals surface area (Å²) in [5.41, 5.74) is 21.0. The van der Waals surface area contributed by atoms with Crippen molar-refractivity contribution in [2.75, 3.05) is 0 Å². The van der Waals surface area contributed by atoms with Crippen molar-refractivity contribution < 1.29 is 0 Å². The fraction of sp³-hybridized carbons (Fsp3) is 0.0714. The van der Waals surface area contributed by atoms with Gasteiger partial charge in [-0.2, -0.15) is 0 Å². The molecule has 0 N–H and O–H groups in total. The topological polar surface area (TPSA) is 4.93 Å². The maximum atomic E-state index is 2.47. The van der Waals surface area contributed by atoms with Crippen molar-refractivity contribution in [2.45, 2.75) is 25.2 Å². The van der Waals surface area contributed by atoms with Crippen LogP contribution in [0.5, 0.6) is 0 Å². The first-order chi connectivity index (χ1) is 28.0. The van der Waals surface area contributed by atoms with Gasteiger partial charge in [-0.05, 0) is 108 Å². The average Bonchev–Trinajstić information content (AvgIpc) is 3.86. The van der Waals surface area contributed by atoms with Gasteiger partial charge in [-0.3, -0.25) is 0 Å². The average molecular weight is 726 g/mol. The minimum Gasteiger partial charge on any atom is -0.309 e. The van der Waals surface area contributed by atoms with E-state index in [0.717, 1.165) is 0 Å². The lowest BCUT2D eigenvalue weighted by atomic mass is 9.75. The SMILES string of the molecule is CC1(C)c2ccccc2-c2ccc3c(c21)C(c1cccc(-c2ccccc2)c1)c1ccc(-c2ccc4c(c2)c2ccccc2n4-c2cccc4ccccc24)cc1-3. The van der Waals surface area contributed by atoms with Gasteiger partial charge in [0.25, 0.3) is 0 Å². The third kappa shape index (κ3) is 4.63. The van der Waals surface area contributed by atoms with Gasteiger partial charge >= 0.3 is 0 Å². The van der Waals surface area contributed by atoms with Crippen LogP contribution in [-0.4, -0.2) is 4.57 Å². The maximum absolute atomic E-state index is 2.47. The molecule has 12 rings (SSSR count). The van der Waals surface area contributed by atoms with Crippen molar-refractivity contribution in [1.29, 1.82) is 0 Å². The minimum atomic E-state index is -0.124. The van der Waals surface area contributed by atoms with Gasteiger partial charge in [0.05, 0.1) is 16.7 Å². The molecule has 0 radical (unpaired) electrons. The molecule has 0 bridgehead atoms. The van der Waals surface area contributed by atoms with Gasteiger partial charge in [0.2, 0.25) is 0 Å². The number of rotatable bonds is 4. The molecule has 268 valence electrons. The van der Waals surface area contributed by atoms with Gasteiger partial charge in [-0.1, -0.05) is 178 Å². The second kappa shape index (κ2) is 12.0. The van der Waals surface area contributed by atoms with Crippen molar-refractivity contribution in [3.63, 3.8) is 0 Å². The zero-order valence-corrected chi connectivity index (χ0v) is 32.0. The molecule has 1 nitrogen and oxygen atoms in total. The highest BCUT2D eigenvalue weighted by Crippen LogP contribution is 2.59. The Hall–Kier alpha value is -6.96. The zero-order chi connectivity index (χ0) is 37.8. The van der Waals surface area contributed by atoms with Gasteiger partial charge in [0.15, 0.2) is 0 Å². The van der Waals surface area contributed by atoms with Gasteiger partial charge in [-0.25, -0.2) is 0 Å². The van der Waals surface area contributed by atoms with E-state index in [9.17, 15) is 0 Å². The number of para-hydroxylation sites is 1. The first-order valence-corrected chi connectivity index (χ1v) is 20.1. The van der Waals surface area contributed by atoms with Crippen molar-refractivity contribution in [3.8, 4) is 50.2 Å². The predicted molar refractivity (Wildman–Crippen MR) is 240 cm³/mol.